The molecule has 4 nitrogen and oxygen atoms in total. The minimum atomic E-state index is -0.0330. The van der Waals surface area contributed by atoms with Crippen molar-refractivity contribution in [3.8, 4) is 11.6 Å². The molecule has 1 aromatic carbocycles. The average molecular weight is 256 g/mol. The van der Waals surface area contributed by atoms with Crippen molar-refractivity contribution in [2.75, 3.05) is 5.32 Å². The quantitative estimate of drug-likeness (QED) is 0.910. The van der Waals surface area contributed by atoms with E-state index in [4.69, 9.17) is 4.74 Å². The van der Waals surface area contributed by atoms with Gasteiger partial charge in [-0.3, -0.25) is 4.79 Å². The molecule has 0 fully saturated rings. The second-order valence-corrected chi connectivity index (χ2v) is 4.15. The van der Waals surface area contributed by atoms with Crippen LogP contribution in [0.2, 0.25) is 0 Å². The maximum Gasteiger partial charge on any atom is 0.224 e. The van der Waals surface area contributed by atoms with Crippen LogP contribution in [0.1, 0.15) is 18.9 Å². The van der Waals surface area contributed by atoms with Crippen LogP contribution in [0.4, 0.5) is 5.69 Å². The summed E-state index contributed by atoms with van der Waals surface area (Å²) in [6.45, 7) is 3.78. The van der Waals surface area contributed by atoms with Gasteiger partial charge in [0.1, 0.15) is 5.75 Å². The van der Waals surface area contributed by atoms with Crippen molar-refractivity contribution in [1.29, 1.82) is 0 Å². The molecule has 0 spiro atoms. The van der Waals surface area contributed by atoms with Crippen LogP contribution in [0.25, 0.3) is 0 Å². The first kappa shape index (κ1) is 13.1. The summed E-state index contributed by atoms with van der Waals surface area (Å²) in [6.07, 6.45) is 2.03. The first-order valence-corrected chi connectivity index (χ1v) is 6.18. The second-order valence-electron chi connectivity index (χ2n) is 4.15. The smallest absolute Gasteiger partial charge is 0.224 e. The molecule has 0 aliphatic carbocycles. The van der Waals surface area contributed by atoms with Crippen molar-refractivity contribution in [2.24, 2.45) is 0 Å². The SMILES string of the molecule is CCC(=O)Nc1ccc(Oc2ccccc2C)nc1. The molecule has 0 saturated heterocycles. The Morgan fingerprint density at radius 2 is 2.05 bits per heavy atom. The van der Waals surface area contributed by atoms with E-state index in [2.05, 4.69) is 10.3 Å². The van der Waals surface area contributed by atoms with E-state index >= 15 is 0 Å². The lowest BCUT2D eigenvalue weighted by atomic mass is 10.2. The maximum atomic E-state index is 11.2. The first-order valence-electron chi connectivity index (χ1n) is 6.18. The molecule has 1 N–H and O–H groups in total. The van der Waals surface area contributed by atoms with Crippen molar-refractivity contribution < 1.29 is 9.53 Å². The largest absolute Gasteiger partial charge is 0.439 e. The zero-order valence-electron chi connectivity index (χ0n) is 11.0. The third-order valence-corrected chi connectivity index (χ3v) is 2.65. The van der Waals surface area contributed by atoms with E-state index < -0.39 is 0 Å². The van der Waals surface area contributed by atoms with E-state index in [-0.39, 0.29) is 5.91 Å². The predicted molar refractivity (Wildman–Crippen MR) is 74.4 cm³/mol. The van der Waals surface area contributed by atoms with Crippen LogP contribution >= 0.6 is 0 Å². The standard InChI is InChI=1S/C15H16N2O2/c1-3-14(18)17-12-8-9-15(16-10-12)19-13-7-5-4-6-11(13)2/h4-10H,3H2,1-2H3,(H,17,18). The highest BCUT2D eigenvalue weighted by atomic mass is 16.5. The summed E-state index contributed by atoms with van der Waals surface area (Å²) in [6, 6.07) is 11.2. The number of rotatable bonds is 4. The van der Waals surface area contributed by atoms with E-state index in [1.165, 1.54) is 0 Å². The average Bonchev–Trinajstić information content (AvgIpc) is 2.43. The molecular formula is C15H16N2O2. The van der Waals surface area contributed by atoms with Crippen LogP contribution in [0.5, 0.6) is 11.6 Å². The van der Waals surface area contributed by atoms with Crippen molar-refractivity contribution in [3.05, 3.63) is 48.2 Å². The Morgan fingerprint density at radius 1 is 1.26 bits per heavy atom. The Hall–Kier alpha value is -2.36. The van der Waals surface area contributed by atoms with Gasteiger partial charge in [0.05, 0.1) is 11.9 Å². The highest BCUT2D eigenvalue weighted by Gasteiger charge is 2.03. The van der Waals surface area contributed by atoms with Gasteiger partial charge < -0.3 is 10.1 Å². The highest BCUT2D eigenvalue weighted by molar-refractivity contribution is 5.90. The van der Waals surface area contributed by atoms with Gasteiger partial charge in [-0.2, -0.15) is 0 Å². The Morgan fingerprint density at radius 3 is 2.68 bits per heavy atom. The van der Waals surface area contributed by atoms with Crippen LogP contribution in [0.15, 0.2) is 42.6 Å². The summed E-state index contributed by atoms with van der Waals surface area (Å²) in [5, 5.41) is 2.74. The number of nitrogens with one attached hydrogen (secondary N) is 1. The first-order chi connectivity index (χ1) is 9.19. The lowest BCUT2D eigenvalue weighted by Gasteiger charge is -2.08. The predicted octanol–water partition coefficient (Wildman–Crippen LogP) is 3.53. The highest BCUT2D eigenvalue weighted by Crippen LogP contribution is 2.23. The number of hydrogen-bond acceptors (Lipinski definition) is 3. The normalized spacial score (nSPS) is 10.0. The zero-order chi connectivity index (χ0) is 13.7. The fourth-order valence-electron chi connectivity index (χ4n) is 1.55. The summed E-state index contributed by atoms with van der Waals surface area (Å²) in [5.41, 5.74) is 1.72. The lowest BCUT2D eigenvalue weighted by molar-refractivity contribution is -0.115. The number of hydrogen-bond donors (Lipinski definition) is 1. The molecule has 1 amide bonds. The van der Waals surface area contributed by atoms with Crippen LogP contribution in [0, 0.1) is 6.92 Å². The molecule has 0 unspecified atom stereocenters. The molecule has 19 heavy (non-hydrogen) atoms. The fraction of sp³-hybridized carbons (Fsp3) is 0.200. The van der Waals surface area contributed by atoms with Crippen molar-refractivity contribution >= 4 is 11.6 Å². The maximum absolute atomic E-state index is 11.2. The Balaban J connectivity index is 2.07. The fourth-order valence-corrected chi connectivity index (χ4v) is 1.55. The number of pyridine rings is 1. The number of benzene rings is 1. The summed E-state index contributed by atoms with van der Waals surface area (Å²) in [4.78, 5) is 15.4. The number of carbonyl (C=O) groups excluding carboxylic acids is 1. The van der Waals surface area contributed by atoms with Gasteiger partial charge in [-0.25, -0.2) is 4.98 Å². The van der Waals surface area contributed by atoms with Gasteiger partial charge in [-0.15, -0.1) is 0 Å². The number of amides is 1. The number of ether oxygens (including phenoxy) is 1. The molecule has 98 valence electrons. The molecule has 0 aliphatic rings. The van der Waals surface area contributed by atoms with Gasteiger partial charge in [0.25, 0.3) is 0 Å². The summed E-state index contributed by atoms with van der Waals surface area (Å²) in [5.74, 6) is 1.25. The van der Waals surface area contributed by atoms with Crippen LogP contribution in [-0.2, 0) is 4.79 Å². The topological polar surface area (TPSA) is 51.2 Å². The zero-order valence-corrected chi connectivity index (χ0v) is 11.0. The molecule has 0 aliphatic heterocycles. The van der Waals surface area contributed by atoms with E-state index in [0.717, 1.165) is 11.3 Å². The number of aromatic nitrogens is 1. The molecule has 1 heterocycles. The molecule has 0 atom stereocenters. The molecule has 2 aromatic rings. The number of nitrogens with zero attached hydrogens (tertiary/aromatic N) is 1. The Kier molecular flexibility index (Phi) is 4.13. The van der Waals surface area contributed by atoms with Gasteiger partial charge in [0.2, 0.25) is 11.8 Å². The summed E-state index contributed by atoms with van der Waals surface area (Å²) < 4.78 is 5.67. The monoisotopic (exact) mass is 256 g/mol. The summed E-state index contributed by atoms with van der Waals surface area (Å²) in [7, 11) is 0. The van der Waals surface area contributed by atoms with E-state index in [0.29, 0.717) is 18.0 Å². The van der Waals surface area contributed by atoms with Crippen LogP contribution < -0.4 is 10.1 Å². The Bertz CT molecular complexity index is 565. The molecule has 0 bridgehead atoms. The second kappa shape index (κ2) is 6.00. The summed E-state index contributed by atoms with van der Waals surface area (Å²) >= 11 is 0. The van der Waals surface area contributed by atoms with Gasteiger partial charge in [0, 0.05) is 12.5 Å². The molecule has 1 aromatic heterocycles. The van der Waals surface area contributed by atoms with Gasteiger partial charge in [-0.05, 0) is 24.6 Å². The molecule has 0 radical (unpaired) electrons. The molecule has 0 saturated carbocycles. The lowest BCUT2D eigenvalue weighted by Crippen LogP contribution is -2.09. The van der Waals surface area contributed by atoms with E-state index in [1.807, 2.05) is 31.2 Å². The third kappa shape index (κ3) is 3.55. The van der Waals surface area contributed by atoms with Crippen molar-refractivity contribution in [2.45, 2.75) is 20.3 Å². The molecular weight excluding hydrogens is 240 g/mol. The number of aryl methyl sites for hydroxylation is 1. The molecule has 4 heteroatoms. The minimum Gasteiger partial charge on any atom is -0.439 e. The molecule has 2 rings (SSSR count). The van der Waals surface area contributed by atoms with Gasteiger partial charge in [0.15, 0.2) is 0 Å². The number of para-hydroxylation sites is 1. The van der Waals surface area contributed by atoms with Crippen LogP contribution in [-0.4, -0.2) is 10.9 Å². The van der Waals surface area contributed by atoms with Crippen LogP contribution in [0.3, 0.4) is 0 Å². The van der Waals surface area contributed by atoms with Gasteiger partial charge in [-0.1, -0.05) is 25.1 Å². The number of anilines is 1. The number of carbonyl (C=O) groups is 1. The van der Waals surface area contributed by atoms with Crippen molar-refractivity contribution in [3.63, 3.8) is 0 Å². The Labute approximate surface area is 112 Å². The minimum absolute atomic E-state index is 0.0330. The van der Waals surface area contributed by atoms with Gasteiger partial charge >= 0.3 is 0 Å². The van der Waals surface area contributed by atoms with E-state index in [1.54, 1.807) is 25.3 Å². The van der Waals surface area contributed by atoms with E-state index in [9.17, 15) is 4.79 Å². The van der Waals surface area contributed by atoms with Crippen molar-refractivity contribution in [1.82, 2.24) is 4.98 Å². The third-order valence-electron chi connectivity index (χ3n) is 2.65.